The molecule has 10 N–H and O–H groups in total. The number of carboxylic acid groups (broad SMARTS) is 3. The van der Waals surface area contributed by atoms with E-state index in [1.54, 1.807) is 6.26 Å². The summed E-state index contributed by atoms with van der Waals surface area (Å²) in [5, 5.41) is 33.7. The number of carbonyl (C=O) groups excluding carboxylic acids is 4. The number of hydrogen-bond acceptors (Lipinski definition) is 9. The van der Waals surface area contributed by atoms with Crippen LogP contribution in [0.15, 0.2) is 0 Å². The fraction of sp³-hybridized carbons (Fsp3) is 0.650. The van der Waals surface area contributed by atoms with Gasteiger partial charge >= 0.3 is 17.9 Å². The summed E-state index contributed by atoms with van der Waals surface area (Å²) in [4.78, 5) is 82.0. The molecule has 0 spiro atoms. The summed E-state index contributed by atoms with van der Waals surface area (Å²) in [6.45, 7) is 0. The summed E-state index contributed by atoms with van der Waals surface area (Å²) in [6.07, 6.45) is -0.264. The Kier molecular flexibility index (Phi) is 15.5. The van der Waals surface area contributed by atoms with Gasteiger partial charge in [0.25, 0.3) is 0 Å². The molecule has 4 atom stereocenters. The van der Waals surface area contributed by atoms with Gasteiger partial charge in [-0.15, -0.1) is 0 Å². The average Bonchev–Trinajstić information content (AvgIpc) is 2.79. The molecule has 4 unspecified atom stereocenters. The van der Waals surface area contributed by atoms with Crippen LogP contribution in [0.5, 0.6) is 0 Å². The molecule has 16 heteroatoms. The van der Waals surface area contributed by atoms with Gasteiger partial charge in [0.2, 0.25) is 23.6 Å². The van der Waals surface area contributed by atoms with Crippen LogP contribution in [-0.2, 0) is 33.6 Å². The zero-order valence-corrected chi connectivity index (χ0v) is 20.5. The quantitative estimate of drug-likeness (QED) is 0.0860. The molecule has 15 nitrogen and oxygen atoms in total. The summed E-state index contributed by atoms with van der Waals surface area (Å²) < 4.78 is 0. The Morgan fingerprint density at radius 3 is 1.61 bits per heavy atom. The summed E-state index contributed by atoms with van der Waals surface area (Å²) in [7, 11) is 0. The van der Waals surface area contributed by atoms with Gasteiger partial charge in [0, 0.05) is 19.3 Å². The highest BCUT2D eigenvalue weighted by atomic mass is 32.2. The van der Waals surface area contributed by atoms with E-state index < -0.39 is 78.5 Å². The zero-order valence-electron chi connectivity index (χ0n) is 19.7. The molecule has 4 amide bonds. The second-order valence-electron chi connectivity index (χ2n) is 7.78. The van der Waals surface area contributed by atoms with Gasteiger partial charge in [0.15, 0.2) is 0 Å². The summed E-state index contributed by atoms with van der Waals surface area (Å²) >= 11 is 1.36. The second kappa shape index (κ2) is 17.1. The van der Waals surface area contributed by atoms with Gasteiger partial charge in [-0.25, -0.2) is 4.79 Å². The molecular weight excluding hydrogens is 502 g/mol. The van der Waals surface area contributed by atoms with Crippen molar-refractivity contribution in [3.8, 4) is 0 Å². The number of aliphatic carboxylic acids is 3. The molecule has 0 aromatic rings. The summed E-state index contributed by atoms with van der Waals surface area (Å²) in [6, 6.07) is -5.37. The van der Waals surface area contributed by atoms with Crippen LogP contribution in [0.1, 0.15) is 44.9 Å². The van der Waals surface area contributed by atoms with Crippen molar-refractivity contribution >= 4 is 53.3 Å². The number of nitrogens with two attached hydrogens (primary N) is 2. The molecule has 0 fully saturated rings. The molecule has 0 aromatic heterocycles. The Balaban J connectivity index is 5.53. The van der Waals surface area contributed by atoms with Crippen LogP contribution in [0.4, 0.5) is 0 Å². The molecule has 0 heterocycles. The number of carboxylic acids is 3. The molecular formula is C20H33N5O10S. The van der Waals surface area contributed by atoms with E-state index >= 15 is 0 Å². The van der Waals surface area contributed by atoms with Crippen LogP contribution < -0.4 is 27.4 Å². The van der Waals surface area contributed by atoms with Crippen molar-refractivity contribution in [2.24, 2.45) is 11.5 Å². The van der Waals surface area contributed by atoms with Crippen LogP contribution in [0, 0.1) is 0 Å². The predicted octanol–water partition coefficient (Wildman–Crippen LogP) is -2.40. The van der Waals surface area contributed by atoms with Crippen LogP contribution >= 0.6 is 11.8 Å². The monoisotopic (exact) mass is 535 g/mol. The first-order valence-corrected chi connectivity index (χ1v) is 12.3. The number of primary amides is 1. The third-order valence-corrected chi connectivity index (χ3v) is 5.47. The first kappa shape index (κ1) is 32.6. The lowest BCUT2D eigenvalue weighted by atomic mass is 10.1. The summed E-state index contributed by atoms with van der Waals surface area (Å²) in [5.41, 5.74) is 10.8. The Morgan fingerprint density at radius 2 is 1.14 bits per heavy atom. The Hall–Kier alpha value is -3.40. The van der Waals surface area contributed by atoms with Crippen LogP contribution in [0.2, 0.25) is 0 Å². The van der Waals surface area contributed by atoms with E-state index in [9.17, 15) is 38.7 Å². The fourth-order valence-electron chi connectivity index (χ4n) is 2.82. The minimum absolute atomic E-state index is 0.116. The topological polar surface area (TPSA) is 268 Å². The van der Waals surface area contributed by atoms with Gasteiger partial charge in [-0.05, 0) is 37.7 Å². The molecule has 36 heavy (non-hydrogen) atoms. The highest BCUT2D eigenvalue weighted by Gasteiger charge is 2.30. The molecule has 0 aliphatic heterocycles. The van der Waals surface area contributed by atoms with Crippen molar-refractivity contribution in [1.29, 1.82) is 0 Å². The van der Waals surface area contributed by atoms with Gasteiger partial charge in [0.1, 0.15) is 18.1 Å². The van der Waals surface area contributed by atoms with E-state index in [1.165, 1.54) is 11.8 Å². The first-order valence-electron chi connectivity index (χ1n) is 10.9. The molecule has 0 saturated heterocycles. The third-order valence-electron chi connectivity index (χ3n) is 4.82. The van der Waals surface area contributed by atoms with Crippen molar-refractivity contribution < 1.29 is 48.9 Å². The third kappa shape index (κ3) is 14.1. The predicted molar refractivity (Wildman–Crippen MR) is 127 cm³/mol. The van der Waals surface area contributed by atoms with Crippen molar-refractivity contribution in [2.75, 3.05) is 12.0 Å². The standard InChI is InChI=1S/C20H33N5O10S/c1-36-9-8-12(23-17(31)10(21)2-6-15(27)28)19(33)24-11(3-5-14(22)26)18(32)25-13(20(34)35)4-7-16(29)30/h10-13H,2-9,21H2,1H3,(H2,22,26)(H,23,31)(H,24,33)(H,25,32)(H,27,28)(H,29,30)(H,34,35). The molecule has 0 aliphatic carbocycles. The van der Waals surface area contributed by atoms with Crippen LogP contribution in [0.25, 0.3) is 0 Å². The lowest BCUT2D eigenvalue weighted by molar-refractivity contribution is -0.143. The molecule has 0 aliphatic rings. The van der Waals surface area contributed by atoms with Crippen molar-refractivity contribution in [3.05, 3.63) is 0 Å². The first-order chi connectivity index (χ1) is 16.8. The van der Waals surface area contributed by atoms with E-state index in [1.807, 2.05) is 0 Å². The highest BCUT2D eigenvalue weighted by Crippen LogP contribution is 2.07. The Bertz CT molecular complexity index is 825. The van der Waals surface area contributed by atoms with Crippen molar-refractivity contribution in [3.63, 3.8) is 0 Å². The van der Waals surface area contributed by atoms with Crippen molar-refractivity contribution in [2.45, 2.75) is 69.1 Å². The van der Waals surface area contributed by atoms with Gasteiger partial charge in [-0.1, -0.05) is 0 Å². The highest BCUT2D eigenvalue weighted by molar-refractivity contribution is 7.98. The average molecular weight is 536 g/mol. The molecule has 0 aromatic carbocycles. The SMILES string of the molecule is CSCCC(NC(=O)C(N)CCC(=O)O)C(=O)NC(CCC(N)=O)C(=O)NC(CCC(=O)O)C(=O)O. The van der Waals surface area contributed by atoms with Crippen LogP contribution in [-0.4, -0.2) is 93.0 Å². The zero-order chi connectivity index (χ0) is 27.8. The van der Waals surface area contributed by atoms with E-state index in [2.05, 4.69) is 16.0 Å². The number of carbonyl (C=O) groups is 7. The molecule has 204 valence electrons. The smallest absolute Gasteiger partial charge is 0.326 e. The van der Waals surface area contributed by atoms with Gasteiger partial charge < -0.3 is 42.7 Å². The Labute approximate surface area is 211 Å². The lowest BCUT2D eigenvalue weighted by Crippen LogP contribution is -2.57. The minimum atomic E-state index is -1.57. The molecule has 0 bridgehead atoms. The van der Waals surface area contributed by atoms with Gasteiger partial charge in [0.05, 0.1) is 6.04 Å². The van der Waals surface area contributed by atoms with Crippen LogP contribution in [0.3, 0.4) is 0 Å². The second-order valence-corrected chi connectivity index (χ2v) is 8.77. The normalized spacial score (nSPS) is 13.9. The number of thioether (sulfide) groups is 1. The van der Waals surface area contributed by atoms with Gasteiger partial charge in [-0.2, -0.15) is 11.8 Å². The molecule has 0 saturated carbocycles. The maximum Gasteiger partial charge on any atom is 0.326 e. The largest absolute Gasteiger partial charge is 0.481 e. The Morgan fingerprint density at radius 1 is 0.694 bits per heavy atom. The minimum Gasteiger partial charge on any atom is -0.481 e. The summed E-state index contributed by atoms with van der Waals surface area (Å²) in [5.74, 6) is -6.90. The number of amides is 4. The fourth-order valence-corrected chi connectivity index (χ4v) is 3.29. The maximum atomic E-state index is 12.9. The molecule has 0 rings (SSSR count). The maximum absolute atomic E-state index is 12.9. The van der Waals surface area contributed by atoms with E-state index in [-0.39, 0.29) is 32.1 Å². The van der Waals surface area contributed by atoms with Crippen molar-refractivity contribution in [1.82, 2.24) is 16.0 Å². The van der Waals surface area contributed by atoms with Gasteiger partial charge in [-0.3, -0.25) is 28.8 Å². The molecule has 0 radical (unpaired) electrons. The number of hydrogen-bond donors (Lipinski definition) is 8. The lowest BCUT2D eigenvalue weighted by Gasteiger charge is -2.25. The number of rotatable bonds is 19. The van der Waals surface area contributed by atoms with E-state index in [0.29, 0.717) is 5.75 Å². The van der Waals surface area contributed by atoms with E-state index in [0.717, 1.165) is 0 Å². The van der Waals surface area contributed by atoms with E-state index in [4.69, 9.17) is 21.7 Å². The number of nitrogens with one attached hydrogen (secondary N) is 3.